The lowest BCUT2D eigenvalue weighted by Crippen LogP contribution is -2.28. The molecule has 0 spiro atoms. The highest BCUT2D eigenvalue weighted by molar-refractivity contribution is 6.30. The normalized spacial score (nSPS) is 15.9. The zero-order chi connectivity index (χ0) is 42.2. The highest BCUT2D eigenvalue weighted by Gasteiger charge is 2.37. The lowest BCUT2D eigenvalue weighted by molar-refractivity contribution is -0.114. The van der Waals surface area contributed by atoms with Crippen LogP contribution in [-0.4, -0.2) is 16.6 Å². The largest absolute Gasteiger partial charge is 0.289 e. The Morgan fingerprint density at radius 2 is 0.842 bits per heavy atom. The molecule has 0 radical (unpaired) electrons. The minimum absolute atomic E-state index is 0.00975. The van der Waals surface area contributed by atoms with Crippen molar-refractivity contribution < 1.29 is 9.59 Å². The summed E-state index contributed by atoms with van der Waals surface area (Å²) in [4.78, 5) is 33.0. The topological polar surface area (TPSA) is 96.5 Å². The number of Topliss-reactive ketones (excluding diaryl/α,β-unsaturated/α-hetero) is 2. The van der Waals surface area contributed by atoms with Crippen LogP contribution in [0, 0.1) is 28.6 Å². The van der Waals surface area contributed by atoms with Gasteiger partial charge in [0.25, 0.3) is 0 Å². The standard InChI is InChI=1S/C48H53Cl2N5O2/c1-28-35(41(54-52-33-18-14-31(49)15-19-33)29-24-36(45(2,3)4)43(56)37(25-29)46(5,6)7)22-23-51-40(28)42(55-53-34-20-16-32(50)17-21-34)30-26-38(47(8,9)10)44(57)39(27-30)48(11,12)13/h14-27H,1-13H3/b54-52+,55-53+. The fourth-order valence-corrected chi connectivity index (χ4v) is 6.78. The van der Waals surface area contributed by atoms with Crippen LogP contribution in [0.1, 0.15) is 99.9 Å². The number of rotatable bonds is 6. The van der Waals surface area contributed by atoms with E-state index >= 15 is 0 Å². The second kappa shape index (κ2) is 16.2. The first-order chi connectivity index (χ1) is 26.4. The maximum Gasteiger partial charge on any atom is 0.186 e. The molecular formula is C48H53Cl2N5O2. The third-order valence-electron chi connectivity index (χ3n) is 9.82. The predicted octanol–water partition coefficient (Wildman–Crippen LogP) is 14.7. The molecule has 1 aromatic heterocycles. The molecule has 2 aliphatic rings. The molecule has 0 fully saturated rings. The average molecular weight is 803 g/mol. The number of hydrogen-bond acceptors (Lipinski definition) is 7. The Morgan fingerprint density at radius 3 is 1.19 bits per heavy atom. The van der Waals surface area contributed by atoms with Crippen molar-refractivity contribution in [2.24, 2.45) is 42.1 Å². The van der Waals surface area contributed by atoms with Crippen molar-refractivity contribution in [2.75, 3.05) is 0 Å². The van der Waals surface area contributed by atoms with Crippen LogP contribution >= 0.6 is 23.2 Å². The quantitative estimate of drug-likeness (QED) is 0.232. The first-order valence-corrected chi connectivity index (χ1v) is 19.9. The molecule has 0 atom stereocenters. The van der Waals surface area contributed by atoms with Crippen LogP contribution in [0.3, 0.4) is 0 Å². The van der Waals surface area contributed by atoms with Crippen molar-refractivity contribution in [1.29, 1.82) is 0 Å². The minimum Gasteiger partial charge on any atom is -0.289 e. The van der Waals surface area contributed by atoms with Crippen LogP contribution in [0.2, 0.25) is 10.0 Å². The van der Waals surface area contributed by atoms with Crippen molar-refractivity contribution >= 4 is 57.5 Å². The van der Waals surface area contributed by atoms with Crippen molar-refractivity contribution in [3.63, 3.8) is 0 Å². The summed E-state index contributed by atoms with van der Waals surface area (Å²) in [7, 11) is 0. The van der Waals surface area contributed by atoms with Gasteiger partial charge >= 0.3 is 0 Å². The number of benzene rings is 2. The molecule has 0 unspecified atom stereocenters. The van der Waals surface area contributed by atoms with Gasteiger partial charge in [-0.25, -0.2) is 0 Å². The van der Waals surface area contributed by atoms with Crippen molar-refractivity contribution in [3.8, 4) is 0 Å². The second-order valence-electron chi connectivity index (χ2n) is 18.7. The van der Waals surface area contributed by atoms with Crippen LogP contribution in [0.25, 0.3) is 11.4 Å². The highest BCUT2D eigenvalue weighted by atomic mass is 35.5. The van der Waals surface area contributed by atoms with Gasteiger partial charge in [0.2, 0.25) is 0 Å². The second-order valence-corrected chi connectivity index (χ2v) is 19.6. The van der Waals surface area contributed by atoms with E-state index in [4.69, 9.17) is 38.4 Å². The maximum absolute atomic E-state index is 14.0. The van der Waals surface area contributed by atoms with E-state index in [0.717, 1.165) is 16.7 Å². The Hall–Kier alpha value is -4.85. The van der Waals surface area contributed by atoms with Crippen LogP contribution in [-0.2, 0) is 9.59 Å². The Bertz CT molecular complexity index is 2120. The first kappa shape index (κ1) is 43.3. The molecule has 3 aromatic rings. The Morgan fingerprint density at radius 1 is 0.509 bits per heavy atom. The molecule has 0 aliphatic heterocycles. The maximum atomic E-state index is 14.0. The summed E-state index contributed by atoms with van der Waals surface area (Å²) < 4.78 is 0. The molecule has 296 valence electrons. The Balaban J connectivity index is 1.90. The number of pyridine rings is 1. The van der Waals surface area contributed by atoms with Crippen molar-refractivity contribution in [1.82, 2.24) is 4.98 Å². The number of halogens is 2. The number of carbonyl (C=O) groups is 2. The van der Waals surface area contributed by atoms with Gasteiger partial charge in [0, 0.05) is 55.2 Å². The lowest BCUT2D eigenvalue weighted by atomic mass is 9.71. The van der Waals surface area contributed by atoms with Gasteiger partial charge in [-0.1, -0.05) is 106 Å². The van der Waals surface area contributed by atoms with Gasteiger partial charge in [-0.05, 0) is 113 Å². The summed E-state index contributed by atoms with van der Waals surface area (Å²) in [6.45, 7) is 26.5. The van der Waals surface area contributed by atoms with Crippen molar-refractivity contribution in [3.05, 3.63) is 145 Å². The fraction of sp³-hybridized carbons (Fsp3) is 0.354. The molecule has 0 saturated carbocycles. The fourth-order valence-electron chi connectivity index (χ4n) is 6.53. The third kappa shape index (κ3) is 10.0. The van der Waals surface area contributed by atoms with Crippen LogP contribution in [0.4, 0.5) is 11.4 Å². The molecule has 5 rings (SSSR count). The molecule has 9 heteroatoms. The third-order valence-corrected chi connectivity index (χ3v) is 10.3. The van der Waals surface area contributed by atoms with Gasteiger partial charge in [0.1, 0.15) is 11.4 Å². The summed E-state index contributed by atoms with van der Waals surface area (Å²) in [5.74, 6) is 0.0276. The summed E-state index contributed by atoms with van der Waals surface area (Å²) in [6, 6.07) is 16.2. The summed E-state index contributed by atoms with van der Waals surface area (Å²) >= 11 is 12.4. The summed E-state index contributed by atoms with van der Waals surface area (Å²) in [6.07, 6.45) is 9.45. The molecule has 57 heavy (non-hydrogen) atoms. The van der Waals surface area contributed by atoms with Crippen LogP contribution < -0.4 is 0 Å². The van der Waals surface area contributed by atoms with Gasteiger partial charge in [0.15, 0.2) is 11.6 Å². The number of carbonyl (C=O) groups excluding carboxylic acids is 2. The number of azo groups is 2. The van der Waals surface area contributed by atoms with E-state index in [1.54, 1.807) is 54.7 Å². The number of allylic oxidation sites excluding steroid dienone is 10. The Labute approximate surface area is 348 Å². The van der Waals surface area contributed by atoms with E-state index in [2.05, 4.69) is 10.2 Å². The molecule has 0 N–H and O–H groups in total. The van der Waals surface area contributed by atoms with Gasteiger partial charge in [0.05, 0.1) is 17.1 Å². The zero-order valence-corrected chi connectivity index (χ0v) is 36.9. The average Bonchev–Trinajstić information content (AvgIpc) is 3.10. The summed E-state index contributed by atoms with van der Waals surface area (Å²) in [5, 5.41) is 20.4. The smallest absolute Gasteiger partial charge is 0.186 e. The van der Waals surface area contributed by atoms with E-state index in [1.165, 1.54) is 0 Å². The molecule has 1 heterocycles. The first-order valence-electron chi connectivity index (χ1n) is 19.1. The highest BCUT2D eigenvalue weighted by Crippen LogP contribution is 2.44. The Kier molecular flexibility index (Phi) is 12.3. The predicted molar refractivity (Wildman–Crippen MR) is 235 cm³/mol. The summed E-state index contributed by atoms with van der Waals surface area (Å²) in [5.41, 5.74) is 6.65. The van der Waals surface area contributed by atoms with Gasteiger partial charge in [-0.2, -0.15) is 10.2 Å². The van der Waals surface area contributed by atoms with E-state index < -0.39 is 21.7 Å². The van der Waals surface area contributed by atoms with Crippen molar-refractivity contribution in [2.45, 2.75) is 90.0 Å². The zero-order valence-electron chi connectivity index (χ0n) is 35.4. The molecule has 0 saturated heterocycles. The lowest BCUT2D eigenvalue weighted by Gasteiger charge is -2.32. The van der Waals surface area contributed by atoms with Gasteiger partial charge < -0.3 is 0 Å². The number of hydrogen-bond donors (Lipinski definition) is 0. The minimum atomic E-state index is -0.456. The molecular weight excluding hydrogens is 749 g/mol. The van der Waals surface area contributed by atoms with Gasteiger partial charge in [-0.15, -0.1) is 10.2 Å². The molecule has 0 bridgehead atoms. The molecule has 2 aromatic carbocycles. The SMILES string of the molecule is Cc1c(C(/N=N/c2ccc(Cl)cc2)=C2C=C(C(C)(C)C)C(=O)C(C(C)(C)C)=C2)ccnc1C(/N=N/c1ccc(Cl)cc1)=C1C=C(C(C)(C)C)C(=O)C(C(C)(C)C)=C1. The molecule has 2 aliphatic carbocycles. The van der Waals surface area contributed by atoms with Crippen LogP contribution in [0.5, 0.6) is 0 Å². The molecule has 0 amide bonds. The van der Waals surface area contributed by atoms with Gasteiger partial charge in [-0.3, -0.25) is 14.6 Å². The van der Waals surface area contributed by atoms with E-state index in [1.807, 2.05) is 120 Å². The van der Waals surface area contributed by atoms with Crippen LogP contribution in [0.15, 0.2) is 139 Å². The number of aromatic nitrogens is 1. The number of nitrogens with zero attached hydrogens (tertiary/aromatic N) is 5. The molecule has 7 nitrogen and oxygen atoms in total. The number of ketones is 2. The monoisotopic (exact) mass is 801 g/mol. The van der Waals surface area contributed by atoms with E-state index in [9.17, 15) is 9.59 Å². The van der Waals surface area contributed by atoms with E-state index in [0.29, 0.717) is 66.4 Å². The van der Waals surface area contributed by atoms with E-state index in [-0.39, 0.29) is 11.6 Å².